The van der Waals surface area contributed by atoms with Crippen molar-refractivity contribution in [3.63, 3.8) is 0 Å². The highest BCUT2D eigenvalue weighted by molar-refractivity contribution is 5.98. The van der Waals surface area contributed by atoms with E-state index in [0.717, 1.165) is 12.1 Å². The number of carbonyl (C=O) groups is 3. The fourth-order valence-corrected chi connectivity index (χ4v) is 2.50. The van der Waals surface area contributed by atoms with Crippen LogP contribution >= 0.6 is 0 Å². The van der Waals surface area contributed by atoms with Crippen molar-refractivity contribution < 1.29 is 24.2 Å². The van der Waals surface area contributed by atoms with Crippen LogP contribution in [-0.2, 0) is 14.3 Å². The number of rotatable bonds is 7. The normalized spacial score (nSPS) is 14.1. The van der Waals surface area contributed by atoms with E-state index >= 15 is 0 Å². The predicted octanol–water partition coefficient (Wildman–Crippen LogP) is 0.987. The number of carboxylic acids is 1. The summed E-state index contributed by atoms with van der Waals surface area (Å²) in [5.74, 6) is -1.37. The van der Waals surface area contributed by atoms with Crippen molar-refractivity contribution in [2.75, 3.05) is 38.3 Å². The maximum Gasteiger partial charge on any atom is 0.323 e. The van der Waals surface area contributed by atoms with Gasteiger partial charge in [0.1, 0.15) is 6.54 Å². The van der Waals surface area contributed by atoms with Crippen LogP contribution < -0.4 is 4.90 Å². The maximum absolute atomic E-state index is 12.4. The van der Waals surface area contributed by atoms with Gasteiger partial charge in [0.25, 0.3) is 5.91 Å². The Morgan fingerprint density at radius 2 is 2.00 bits per heavy atom. The summed E-state index contributed by atoms with van der Waals surface area (Å²) >= 11 is 0. The summed E-state index contributed by atoms with van der Waals surface area (Å²) in [6.07, 6.45) is 1.38. The van der Waals surface area contributed by atoms with Crippen LogP contribution in [0.15, 0.2) is 24.3 Å². The van der Waals surface area contributed by atoms with Gasteiger partial charge in [-0.1, -0.05) is 0 Å². The zero-order valence-corrected chi connectivity index (χ0v) is 13.0. The molecule has 1 heterocycles. The number of aliphatic carboxylic acids is 1. The summed E-state index contributed by atoms with van der Waals surface area (Å²) in [6.45, 7) is 0.771. The SMILES string of the molecule is COCCN(CC(=O)O)C(=O)c1ccc(N2CCCC2=O)cc1. The molecule has 23 heavy (non-hydrogen) atoms. The number of amides is 2. The number of hydrogen-bond donors (Lipinski definition) is 1. The first-order valence-corrected chi connectivity index (χ1v) is 7.43. The highest BCUT2D eigenvalue weighted by Gasteiger charge is 2.23. The minimum absolute atomic E-state index is 0.0803. The van der Waals surface area contributed by atoms with Gasteiger partial charge in [-0.05, 0) is 30.7 Å². The van der Waals surface area contributed by atoms with Crippen molar-refractivity contribution in [1.82, 2.24) is 4.90 Å². The zero-order valence-electron chi connectivity index (χ0n) is 13.0. The van der Waals surface area contributed by atoms with Gasteiger partial charge in [0.2, 0.25) is 5.91 Å². The molecule has 2 amide bonds. The monoisotopic (exact) mass is 320 g/mol. The Balaban J connectivity index is 2.10. The first-order valence-electron chi connectivity index (χ1n) is 7.43. The van der Waals surface area contributed by atoms with E-state index in [2.05, 4.69) is 0 Å². The van der Waals surface area contributed by atoms with Crippen molar-refractivity contribution in [1.29, 1.82) is 0 Å². The number of ether oxygens (including phenoxy) is 1. The molecule has 0 atom stereocenters. The van der Waals surface area contributed by atoms with E-state index in [-0.39, 0.29) is 31.5 Å². The van der Waals surface area contributed by atoms with E-state index < -0.39 is 5.97 Å². The molecule has 7 heteroatoms. The largest absolute Gasteiger partial charge is 0.480 e. The van der Waals surface area contributed by atoms with Crippen LogP contribution in [0.2, 0.25) is 0 Å². The second-order valence-corrected chi connectivity index (χ2v) is 5.31. The first-order chi connectivity index (χ1) is 11.0. The van der Waals surface area contributed by atoms with E-state index in [0.29, 0.717) is 18.5 Å². The van der Waals surface area contributed by atoms with E-state index in [9.17, 15) is 14.4 Å². The van der Waals surface area contributed by atoms with Crippen LogP contribution in [0.3, 0.4) is 0 Å². The molecule has 0 saturated carbocycles. The molecule has 0 aliphatic carbocycles. The van der Waals surface area contributed by atoms with Gasteiger partial charge < -0.3 is 19.6 Å². The molecule has 7 nitrogen and oxygen atoms in total. The Morgan fingerprint density at radius 3 is 2.52 bits per heavy atom. The zero-order chi connectivity index (χ0) is 16.8. The molecule has 0 bridgehead atoms. The number of methoxy groups -OCH3 is 1. The summed E-state index contributed by atoms with van der Waals surface area (Å²) in [5, 5.41) is 8.92. The van der Waals surface area contributed by atoms with Crippen LogP contribution in [0, 0.1) is 0 Å². The average Bonchev–Trinajstić information content (AvgIpc) is 2.96. The molecule has 1 aliphatic rings. The van der Waals surface area contributed by atoms with Gasteiger partial charge in [0, 0.05) is 37.9 Å². The molecule has 0 radical (unpaired) electrons. The lowest BCUT2D eigenvalue weighted by Crippen LogP contribution is -2.38. The highest BCUT2D eigenvalue weighted by Crippen LogP contribution is 2.22. The van der Waals surface area contributed by atoms with Crippen LogP contribution in [0.5, 0.6) is 0 Å². The summed E-state index contributed by atoms with van der Waals surface area (Å²) in [5.41, 5.74) is 1.14. The summed E-state index contributed by atoms with van der Waals surface area (Å²) < 4.78 is 4.91. The number of carbonyl (C=O) groups excluding carboxylic acids is 2. The van der Waals surface area contributed by atoms with Gasteiger partial charge in [-0.3, -0.25) is 14.4 Å². The lowest BCUT2D eigenvalue weighted by molar-refractivity contribution is -0.137. The standard InChI is InChI=1S/C16H20N2O5/c1-23-10-9-17(11-15(20)21)16(22)12-4-6-13(7-5-12)18-8-2-3-14(18)19/h4-7H,2-3,8-11H2,1H3,(H,20,21). The summed E-state index contributed by atoms with van der Waals surface area (Å²) in [7, 11) is 1.49. The number of anilines is 1. The van der Waals surface area contributed by atoms with Gasteiger partial charge in [-0.15, -0.1) is 0 Å². The number of nitrogens with zero attached hydrogens (tertiary/aromatic N) is 2. The van der Waals surface area contributed by atoms with E-state index in [1.54, 1.807) is 29.2 Å². The Labute approximate surface area is 134 Å². The lowest BCUT2D eigenvalue weighted by Gasteiger charge is -2.21. The molecule has 1 aromatic rings. The third-order valence-electron chi connectivity index (χ3n) is 3.68. The Kier molecular flexibility index (Phi) is 5.70. The third kappa shape index (κ3) is 4.29. The number of benzene rings is 1. The molecule has 124 valence electrons. The molecule has 0 aromatic heterocycles. The Hall–Kier alpha value is -2.41. The van der Waals surface area contributed by atoms with Crippen molar-refractivity contribution in [2.45, 2.75) is 12.8 Å². The predicted molar refractivity (Wildman–Crippen MR) is 83.4 cm³/mol. The summed E-state index contributed by atoms with van der Waals surface area (Å²) in [4.78, 5) is 37.9. The minimum atomic E-state index is -1.08. The van der Waals surface area contributed by atoms with E-state index in [1.807, 2.05) is 0 Å². The van der Waals surface area contributed by atoms with Crippen molar-refractivity contribution in [3.8, 4) is 0 Å². The van der Waals surface area contributed by atoms with Crippen LogP contribution in [0.4, 0.5) is 5.69 Å². The smallest absolute Gasteiger partial charge is 0.323 e. The maximum atomic E-state index is 12.4. The van der Waals surface area contributed by atoms with Crippen LogP contribution in [-0.4, -0.2) is 61.1 Å². The average molecular weight is 320 g/mol. The Morgan fingerprint density at radius 1 is 1.30 bits per heavy atom. The molecule has 1 fully saturated rings. The highest BCUT2D eigenvalue weighted by atomic mass is 16.5. The minimum Gasteiger partial charge on any atom is -0.480 e. The first kappa shape index (κ1) is 17.0. The third-order valence-corrected chi connectivity index (χ3v) is 3.68. The lowest BCUT2D eigenvalue weighted by atomic mass is 10.1. The van der Waals surface area contributed by atoms with Gasteiger partial charge in [0.05, 0.1) is 6.61 Å². The molecule has 2 rings (SSSR count). The molecule has 1 saturated heterocycles. The van der Waals surface area contributed by atoms with E-state index in [4.69, 9.17) is 9.84 Å². The van der Waals surface area contributed by atoms with Gasteiger partial charge in [-0.25, -0.2) is 0 Å². The molecule has 1 aromatic carbocycles. The van der Waals surface area contributed by atoms with Crippen molar-refractivity contribution in [2.24, 2.45) is 0 Å². The van der Waals surface area contributed by atoms with Gasteiger partial charge >= 0.3 is 5.97 Å². The second kappa shape index (κ2) is 7.73. The Bertz CT molecular complexity index is 585. The van der Waals surface area contributed by atoms with E-state index in [1.165, 1.54) is 12.0 Å². The van der Waals surface area contributed by atoms with Crippen molar-refractivity contribution in [3.05, 3.63) is 29.8 Å². The molecule has 1 N–H and O–H groups in total. The van der Waals surface area contributed by atoms with Crippen molar-refractivity contribution >= 4 is 23.5 Å². The fourth-order valence-electron chi connectivity index (χ4n) is 2.50. The summed E-state index contributed by atoms with van der Waals surface area (Å²) in [6, 6.07) is 6.66. The quantitative estimate of drug-likeness (QED) is 0.809. The molecule has 0 spiro atoms. The molecular formula is C16H20N2O5. The molecular weight excluding hydrogens is 300 g/mol. The van der Waals surface area contributed by atoms with Crippen LogP contribution in [0.1, 0.15) is 23.2 Å². The van der Waals surface area contributed by atoms with Gasteiger partial charge in [0.15, 0.2) is 0 Å². The number of hydrogen-bond acceptors (Lipinski definition) is 4. The second-order valence-electron chi connectivity index (χ2n) is 5.31. The fraction of sp³-hybridized carbons (Fsp3) is 0.438. The number of carboxylic acid groups (broad SMARTS) is 1. The molecule has 1 aliphatic heterocycles. The molecule has 0 unspecified atom stereocenters. The topological polar surface area (TPSA) is 87.2 Å². The van der Waals surface area contributed by atoms with Gasteiger partial charge in [-0.2, -0.15) is 0 Å². The van der Waals surface area contributed by atoms with Crippen LogP contribution in [0.25, 0.3) is 0 Å².